The van der Waals surface area contributed by atoms with Crippen molar-refractivity contribution < 1.29 is 9.59 Å². The number of aryl methyl sites for hydroxylation is 2. The summed E-state index contributed by atoms with van der Waals surface area (Å²) in [4.78, 5) is 35.4. The number of carbonyl (C=O) groups excluding carboxylic acids is 2. The number of Topliss-reactive ketones (excluding diaryl/α,β-unsaturated/α-hetero) is 1. The third-order valence-corrected chi connectivity index (χ3v) is 6.88. The van der Waals surface area contributed by atoms with Crippen molar-refractivity contribution in [1.29, 1.82) is 0 Å². The van der Waals surface area contributed by atoms with Crippen molar-refractivity contribution in [2.75, 3.05) is 13.1 Å². The van der Waals surface area contributed by atoms with Gasteiger partial charge in [0, 0.05) is 37.4 Å². The van der Waals surface area contributed by atoms with Crippen LogP contribution in [-0.4, -0.2) is 39.6 Å². The number of amides is 1. The first-order valence-electron chi connectivity index (χ1n) is 11.5. The minimum absolute atomic E-state index is 0.0823. The lowest BCUT2D eigenvalue weighted by atomic mass is 9.89. The van der Waals surface area contributed by atoms with Gasteiger partial charge in [0.1, 0.15) is 5.82 Å². The highest BCUT2D eigenvalue weighted by molar-refractivity contribution is 5.98. The van der Waals surface area contributed by atoms with Gasteiger partial charge in [0.05, 0.1) is 11.0 Å². The van der Waals surface area contributed by atoms with E-state index in [4.69, 9.17) is 4.98 Å². The molecule has 2 heterocycles. The number of benzene rings is 2. The fourth-order valence-electron chi connectivity index (χ4n) is 5.00. The summed E-state index contributed by atoms with van der Waals surface area (Å²) in [5, 5.41) is 0. The van der Waals surface area contributed by atoms with Crippen molar-refractivity contribution in [3.05, 3.63) is 65.0 Å². The first-order chi connectivity index (χ1) is 15.2. The van der Waals surface area contributed by atoms with Crippen LogP contribution in [0.25, 0.3) is 11.0 Å². The van der Waals surface area contributed by atoms with Crippen LogP contribution in [0.15, 0.2) is 42.5 Å². The van der Waals surface area contributed by atoms with Crippen molar-refractivity contribution >= 4 is 22.7 Å². The molecule has 1 N–H and O–H groups in total. The molecule has 0 spiro atoms. The standard InChI is InChI=1S/C26H29N3O2/c30-24(21-10-9-18-5-1-2-6-20(18)17-21)11-12-25(31)29-15-13-19(14-16-29)26-27-22-7-3-4-8-23(22)28-26/h3-4,7-10,17,19H,1-2,5-6,11-16H2,(H,27,28). The molecule has 31 heavy (non-hydrogen) atoms. The van der Waals surface area contributed by atoms with E-state index in [0.29, 0.717) is 18.8 Å². The fourth-order valence-corrected chi connectivity index (χ4v) is 5.00. The van der Waals surface area contributed by atoms with Gasteiger partial charge in [-0.05, 0) is 67.9 Å². The van der Waals surface area contributed by atoms with Crippen LogP contribution in [0.2, 0.25) is 0 Å². The third-order valence-electron chi connectivity index (χ3n) is 6.88. The van der Waals surface area contributed by atoms with Crippen molar-refractivity contribution in [2.24, 2.45) is 0 Å². The molecule has 1 aromatic heterocycles. The summed E-state index contributed by atoms with van der Waals surface area (Å²) in [5.41, 5.74) is 5.52. The predicted molar refractivity (Wildman–Crippen MR) is 121 cm³/mol. The number of likely N-dealkylation sites (tertiary alicyclic amines) is 1. The van der Waals surface area contributed by atoms with Crippen LogP contribution < -0.4 is 0 Å². The third kappa shape index (κ3) is 4.27. The molecule has 0 unspecified atom stereocenters. The number of carbonyl (C=O) groups is 2. The van der Waals surface area contributed by atoms with Crippen LogP contribution in [0.1, 0.15) is 71.8 Å². The minimum atomic E-state index is 0.0823. The van der Waals surface area contributed by atoms with Crippen molar-refractivity contribution in [3.63, 3.8) is 0 Å². The molecule has 2 aliphatic rings. The number of aromatic nitrogens is 2. The maximum Gasteiger partial charge on any atom is 0.223 e. The number of nitrogens with one attached hydrogen (secondary N) is 1. The highest BCUT2D eigenvalue weighted by Crippen LogP contribution is 2.28. The maximum atomic E-state index is 12.7. The molecule has 5 rings (SSSR count). The molecule has 1 aliphatic carbocycles. The number of rotatable bonds is 5. The first kappa shape index (κ1) is 20.0. The van der Waals surface area contributed by atoms with E-state index >= 15 is 0 Å². The van der Waals surface area contributed by atoms with E-state index in [2.05, 4.69) is 17.1 Å². The Morgan fingerprint density at radius 2 is 1.74 bits per heavy atom. The number of nitrogens with zero attached hydrogens (tertiary/aromatic N) is 2. The Bertz CT molecular complexity index is 1080. The van der Waals surface area contributed by atoms with Gasteiger partial charge in [-0.15, -0.1) is 0 Å². The largest absolute Gasteiger partial charge is 0.343 e. The molecule has 0 saturated carbocycles. The predicted octanol–water partition coefficient (Wildman–Crippen LogP) is 4.81. The summed E-state index contributed by atoms with van der Waals surface area (Å²) in [6, 6.07) is 14.2. The monoisotopic (exact) mass is 415 g/mol. The van der Waals surface area contributed by atoms with Crippen LogP contribution >= 0.6 is 0 Å². The Labute approximate surface area is 182 Å². The molecule has 1 amide bonds. The SMILES string of the molecule is O=C(CCC(=O)N1CCC(c2nc3ccccc3[nH]2)CC1)c1ccc2c(c1)CCCC2. The van der Waals surface area contributed by atoms with Crippen molar-refractivity contribution in [2.45, 2.75) is 57.3 Å². The Morgan fingerprint density at radius 3 is 2.55 bits per heavy atom. The van der Waals surface area contributed by atoms with Crippen LogP contribution in [0.4, 0.5) is 0 Å². The van der Waals surface area contributed by atoms with E-state index in [9.17, 15) is 9.59 Å². The zero-order chi connectivity index (χ0) is 21.2. The van der Waals surface area contributed by atoms with Gasteiger partial charge in [0.25, 0.3) is 0 Å². The molecule has 5 heteroatoms. The van der Waals surface area contributed by atoms with Gasteiger partial charge in [0.2, 0.25) is 5.91 Å². The van der Waals surface area contributed by atoms with Gasteiger partial charge >= 0.3 is 0 Å². The maximum absolute atomic E-state index is 12.7. The highest BCUT2D eigenvalue weighted by atomic mass is 16.2. The number of para-hydroxylation sites is 2. The number of imidazole rings is 1. The highest BCUT2D eigenvalue weighted by Gasteiger charge is 2.26. The molecule has 1 saturated heterocycles. The van der Waals surface area contributed by atoms with Gasteiger partial charge < -0.3 is 9.88 Å². The minimum Gasteiger partial charge on any atom is -0.343 e. The second kappa shape index (κ2) is 8.66. The quantitative estimate of drug-likeness (QED) is 0.608. The van der Waals surface area contributed by atoms with Crippen LogP contribution in [-0.2, 0) is 17.6 Å². The first-order valence-corrected chi connectivity index (χ1v) is 11.5. The lowest BCUT2D eigenvalue weighted by Gasteiger charge is -2.31. The smallest absolute Gasteiger partial charge is 0.223 e. The molecule has 0 radical (unpaired) electrons. The van der Waals surface area contributed by atoms with Crippen LogP contribution in [0.5, 0.6) is 0 Å². The van der Waals surface area contributed by atoms with Gasteiger partial charge in [-0.1, -0.05) is 24.3 Å². The second-order valence-corrected chi connectivity index (χ2v) is 8.91. The number of hydrogen-bond acceptors (Lipinski definition) is 3. The number of ketones is 1. The second-order valence-electron chi connectivity index (χ2n) is 8.91. The van der Waals surface area contributed by atoms with Gasteiger partial charge in [0.15, 0.2) is 5.78 Å². The zero-order valence-corrected chi connectivity index (χ0v) is 17.9. The molecule has 1 aliphatic heterocycles. The average molecular weight is 416 g/mol. The Kier molecular flexibility index (Phi) is 5.58. The van der Waals surface area contributed by atoms with Gasteiger partial charge in [-0.25, -0.2) is 4.98 Å². The number of fused-ring (bicyclic) bond motifs is 2. The average Bonchev–Trinajstić information content (AvgIpc) is 3.26. The zero-order valence-electron chi connectivity index (χ0n) is 17.9. The summed E-state index contributed by atoms with van der Waals surface area (Å²) < 4.78 is 0. The topological polar surface area (TPSA) is 66.1 Å². The molecular formula is C26H29N3O2. The summed E-state index contributed by atoms with van der Waals surface area (Å²) in [7, 11) is 0. The number of H-pyrrole nitrogens is 1. The molecule has 3 aromatic rings. The van der Waals surface area contributed by atoms with E-state index in [0.717, 1.165) is 61.2 Å². The fraction of sp³-hybridized carbons (Fsp3) is 0.423. The van der Waals surface area contributed by atoms with E-state index < -0.39 is 0 Å². The molecule has 0 atom stereocenters. The molecule has 2 aromatic carbocycles. The van der Waals surface area contributed by atoms with Gasteiger partial charge in [-0.2, -0.15) is 0 Å². The molecular weight excluding hydrogens is 386 g/mol. The van der Waals surface area contributed by atoms with Crippen LogP contribution in [0.3, 0.4) is 0 Å². The van der Waals surface area contributed by atoms with E-state index in [-0.39, 0.29) is 11.7 Å². The summed E-state index contributed by atoms with van der Waals surface area (Å²) in [6.45, 7) is 1.46. The van der Waals surface area contributed by atoms with Crippen molar-refractivity contribution in [3.8, 4) is 0 Å². The Morgan fingerprint density at radius 1 is 0.968 bits per heavy atom. The summed E-state index contributed by atoms with van der Waals surface area (Å²) in [5.74, 6) is 1.55. The number of aromatic amines is 1. The van der Waals surface area contributed by atoms with E-state index in [1.165, 1.54) is 24.0 Å². The Balaban J connectivity index is 1.13. The number of hydrogen-bond donors (Lipinski definition) is 1. The molecule has 5 nitrogen and oxygen atoms in total. The van der Waals surface area contributed by atoms with Crippen molar-refractivity contribution in [1.82, 2.24) is 14.9 Å². The lowest BCUT2D eigenvalue weighted by molar-refractivity contribution is -0.132. The molecule has 0 bridgehead atoms. The summed E-state index contributed by atoms with van der Waals surface area (Å²) in [6.07, 6.45) is 7.03. The molecule has 1 fully saturated rings. The lowest BCUT2D eigenvalue weighted by Crippen LogP contribution is -2.38. The normalized spacial score (nSPS) is 17.0. The Hall–Kier alpha value is -2.95. The van der Waals surface area contributed by atoms with E-state index in [1.54, 1.807) is 0 Å². The van der Waals surface area contributed by atoms with Crippen LogP contribution in [0, 0.1) is 0 Å². The van der Waals surface area contributed by atoms with E-state index in [1.807, 2.05) is 35.2 Å². The summed E-state index contributed by atoms with van der Waals surface area (Å²) >= 11 is 0. The number of piperidine rings is 1. The molecule has 160 valence electrons. The van der Waals surface area contributed by atoms with Gasteiger partial charge in [-0.3, -0.25) is 9.59 Å².